The first-order valence-corrected chi connectivity index (χ1v) is 7.96. The van der Waals surface area contributed by atoms with E-state index in [0.29, 0.717) is 6.04 Å². The van der Waals surface area contributed by atoms with Gasteiger partial charge in [0.2, 0.25) is 0 Å². The Labute approximate surface area is 121 Å². The fourth-order valence-corrected chi connectivity index (χ4v) is 3.04. The number of nitrogens with one attached hydrogen (secondary N) is 2. The third-order valence-corrected chi connectivity index (χ3v) is 4.20. The molecule has 2 rings (SSSR count). The molecule has 20 heavy (non-hydrogen) atoms. The van der Waals surface area contributed by atoms with Crippen LogP contribution in [0.1, 0.15) is 71.0 Å². The first-order valence-electron chi connectivity index (χ1n) is 7.96. The zero-order valence-corrected chi connectivity index (χ0v) is 12.9. The van der Waals surface area contributed by atoms with Gasteiger partial charge in [-0.25, -0.2) is 4.98 Å². The van der Waals surface area contributed by atoms with Gasteiger partial charge in [0, 0.05) is 18.0 Å². The minimum atomic E-state index is -0.0640. The van der Waals surface area contributed by atoms with E-state index in [-0.39, 0.29) is 11.5 Å². The molecule has 0 bridgehead atoms. The van der Waals surface area contributed by atoms with Crippen LogP contribution in [0.5, 0.6) is 0 Å². The van der Waals surface area contributed by atoms with Gasteiger partial charge in [-0.15, -0.1) is 0 Å². The Morgan fingerprint density at radius 1 is 1.35 bits per heavy atom. The molecule has 0 unspecified atom stereocenters. The Kier molecular flexibility index (Phi) is 5.21. The maximum atomic E-state index is 11.7. The van der Waals surface area contributed by atoms with Crippen molar-refractivity contribution in [2.24, 2.45) is 5.92 Å². The Hall–Kier alpha value is -1.32. The molecule has 0 aromatic carbocycles. The first-order chi connectivity index (χ1) is 9.58. The van der Waals surface area contributed by atoms with Crippen LogP contribution in [0.2, 0.25) is 0 Å². The summed E-state index contributed by atoms with van der Waals surface area (Å²) in [4.78, 5) is 19.0. The molecule has 112 valence electrons. The quantitative estimate of drug-likeness (QED) is 0.863. The van der Waals surface area contributed by atoms with E-state index in [0.717, 1.165) is 17.6 Å². The fourth-order valence-electron chi connectivity index (χ4n) is 3.04. The summed E-state index contributed by atoms with van der Waals surface area (Å²) in [5.74, 6) is 2.64. The second-order valence-electron chi connectivity index (χ2n) is 6.32. The van der Waals surface area contributed by atoms with Gasteiger partial charge in [0.1, 0.15) is 11.6 Å². The third-order valence-electron chi connectivity index (χ3n) is 4.20. The minimum absolute atomic E-state index is 0.0640. The van der Waals surface area contributed by atoms with Gasteiger partial charge in [0.15, 0.2) is 0 Å². The molecule has 1 fully saturated rings. The van der Waals surface area contributed by atoms with Crippen LogP contribution in [-0.4, -0.2) is 16.0 Å². The molecule has 1 heterocycles. The predicted octanol–water partition coefficient (Wildman–Crippen LogP) is 3.66. The molecular weight excluding hydrogens is 250 g/mol. The molecule has 0 amide bonds. The maximum Gasteiger partial charge on any atom is 0.252 e. The average Bonchev–Trinajstić information content (AvgIpc) is 2.40. The van der Waals surface area contributed by atoms with E-state index < -0.39 is 0 Å². The van der Waals surface area contributed by atoms with Gasteiger partial charge in [-0.2, -0.15) is 0 Å². The van der Waals surface area contributed by atoms with E-state index in [1.807, 2.05) is 13.8 Å². The summed E-state index contributed by atoms with van der Waals surface area (Å²) < 4.78 is 0. The van der Waals surface area contributed by atoms with Crippen molar-refractivity contribution in [3.63, 3.8) is 0 Å². The Morgan fingerprint density at radius 3 is 2.65 bits per heavy atom. The van der Waals surface area contributed by atoms with Gasteiger partial charge in [0.25, 0.3) is 5.56 Å². The number of aromatic nitrogens is 2. The van der Waals surface area contributed by atoms with Crippen LogP contribution < -0.4 is 10.9 Å². The summed E-state index contributed by atoms with van der Waals surface area (Å²) in [5, 5.41) is 3.45. The monoisotopic (exact) mass is 277 g/mol. The van der Waals surface area contributed by atoms with E-state index in [9.17, 15) is 4.79 Å². The van der Waals surface area contributed by atoms with Crippen LogP contribution in [0, 0.1) is 5.92 Å². The Morgan fingerprint density at radius 2 is 2.05 bits per heavy atom. The van der Waals surface area contributed by atoms with Crippen LogP contribution in [0.25, 0.3) is 0 Å². The number of hydrogen-bond donors (Lipinski definition) is 2. The summed E-state index contributed by atoms with van der Waals surface area (Å²) in [7, 11) is 0. The lowest BCUT2D eigenvalue weighted by molar-refractivity contribution is 0.318. The van der Waals surface area contributed by atoms with Crippen molar-refractivity contribution in [3.8, 4) is 0 Å². The fraction of sp³-hybridized carbons (Fsp3) is 0.750. The van der Waals surface area contributed by atoms with E-state index in [1.165, 1.54) is 38.5 Å². The van der Waals surface area contributed by atoms with Crippen molar-refractivity contribution < 1.29 is 0 Å². The molecule has 1 aromatic heterocycles. The smallest absolute Gasteiger partial charge is 0.252 e. The summed E-state index contributed by atoms with van der Waals surface area (Å²) >= 11 is 0. The van der Waals surface area contributed by atoms with Crippen molar-refractivity contribution in [1.29, 1.82) is 0 Å². The molecule has 0 atom stereocenters. The number of rotatable bonds is 5. The largest absolute Gasteiger partial charge is 0.367 e. The van der Waals surface area contributed by atoms with Crippen LogP contribution in [0.15, 0.2) is 10.9 Å². The van der Waals surface area contributed by atoms with Crippen molar-refractivity contribution in [2.45, 2.75) is 71.3 Å². The third kappa shape index (κ3) is 4.09. The molecular formula is C16H27N3O. The normalized spacial score (nSPS) is 23.0. The van der Waals surface area contributed by atoms with E-state index in [1.54, 1.807) is 6.07 Å². The van der Waals surface area contributed by atoms with Crippen molar-refractivity contribution in [2.75, 3.05) is 5.32 Å². The van der Waals surface area contributed by atoms with Crippen LogP contribution in [0.4, 0.5) is 5.82 Å². The molecule has 1 aliphatic carbocycles. The first kappa shape index (κ1) is 15.1. The number of hydrogen-bond acceptors (Lipinski definition) is 3. The molecule has 0 aliphatic heterocycles. The van der Waals surface area contributed by atoms with Gasteiger partial charge >= 0.3 is 0 Å². The predicted molar refractivity (Wildman–Crippen MR) is 83.2 cm³/mol. The van der Waals surface area contributed by atoms with Crippen molar-refractivity contribution >= 4 is 5.82 Å². The highest BCUT2D eigenvalue weighted by atomic mass is 16.1. The van der Waals surface area contributed by atoms with E-state index in [2.05, 4.69) is 22.2 Å². The van der Waals surface area contributed by atoms with Gasteiger partial charge in [0.05, 0.1) is 0 Å². The molecule has 2 N–H and O–H groups in total. The van der Waals surface area contributed by atoms with Crippen LogP contribution in [-0.2, 0) is 0 Å². The second kappa shape index (κ2) is 6.91. The molecule has 4 heteroatoms. The maximum absolute atomic E-state index is 11.7. The zero-order chi connectivity index (χ0) is 14.5. The molecule has 0 saturated heterocycles. The molecule has 4 nitrogen and oxygen atoms in total. The van der Waals surface area contributed by atoms with Crippen molar-refractivity contribution in [1.82, 2.24) is 9.97 Å². The minimum Gasteiger partial charge on any atom is -0.367 e. The SMILES string of the molecule is CCCC1CCC(Nc2cc(=O)[nH]c(C(C)C)n2)CC1. The van der Waals surface area contributed by atoms with E-state index in [4.69, 9.17) is 0 Å². The number of anilines is 1. The zero-order valence-electron chi connectivity index (χ0n) is 12.9. The average molecular weight is 277 g/mol. The van der Waals surface area contributed by atoms with E-state index >= 15 is 0 Å². The summed E-state index contributed by atoms with van der Waals surface area (Å²) in [6, 6.07) is 2.04. The lowest BCUT2D eigenvalue weighted by Crippen LogP contribution is -2.27. The highest BCUT2D eigenvalue weighted by Gasteiger charge is 2.21. The topological polar surface area (TPSA) is 57.8 Å². The van der Waals surface area contributed by atoms with Gasteiger partial charge in [-0.3, -0.25) is 4.79 Å². The standard InChI is InChI=1S/C16H27N3O/c1-4-5-12-6-8-13(9-7-12)17-14-10-15(20)19-16(18-14)11(2)3/h10-13H,4-9H2,1-3H3,(H2,17,18,19,20). The Bertz CT molecular complexity index is 473. The van der Waals surface area contributed by atoms with Crippen LogP contribution in [0.3, 0.4) is 0 Å². The lowest BCUT2D eigenvalue weighted by atomic mass is 9.83. The van der Waals surface area contributed by atoms with Crippen molar-refractivity contribution in [3.05, 3.63) is 22.2 Å². The number of aromatic amines is 1. The second-order valence-corrected chi connectivity index (χ2v) is 6.32. The Balaban J connectivity index is 1.96. The summed E-state index contributed by atoms with van der Waals surface area (Å²) in [6.45, 7) is 6.34. The summed E-state index contributed by atoms with van der Waals surface area (Å²) in [5.41, 5.74) is -0.0640. The molecule has 0 spiro atoms. The molecule has 0 radical (unpaired) electrons. The van der Waals surface area contributed by atoms with Crippen LogP contribution >= 0.6 is 0 Å². The number of H-pyrrole nitrogens is 1. The molecule has 1 aliphatic rings. The molecule has 1 aromatic rings. The van der Waals surface area contributed by atoms with Gasteiger partial charge in [-0.05, 0) is 31.6 Å². The van der Waals surface area contributed by atoms with Gasteiger partial charge < -0.3 is 10.3 Å². The van der Waals surface area contributed by atoms with Gasteiger partial charge in [-0.1, -0.05) is 33.6 Å². The molecule has 1 saturated carbocycles. The summed E-state index contributed by atoms with van der Waals surface area (Å²) in [6.07, 6.45) is 7.62. The lowest BCUT2D eigenvalue weighted by Gasteiger charge is -2.29. The highest BCUT2D eigenvalue weighted by molar-refractivity contribution is 5.34. The highest BCUT2D eigenvalue weighted by Crippen LogP contribution is 2.29. The number of nitrogens with zero attached hydrogens (tertiary/aromatic N) is 1.